The Labute approximate surface area is 123 Å². The Morgan fingerprint density at radius 3 is 3.00 bits per heavy atom. The molecule has 3 rings (SSSR count). The molecule has 2 nitrogen and oxygen atoms in total. The molecule has 1 aromatic heterocycles. The summed E-state index contributed by atoms with van der Waals surface area (Å²) in [5, 5.41) is 2.26. The molecule has 0 amide bonds. The predicted octanol–water partition coefficient (Wildman–Crippen LogP) is 4.30. The minimum absolute atomic E-state index is 0.584. The Morgan fingerprint density at radius 2 is 2.16 bits per heavy atom. The average Bonchev–Trinajstić information content (AvgIpc) is 2.46. The number of aromatic nitrogens is 1. The number of hydrogen-bond acceptors (Lipinski definition) is 2. The van der Waals surface area contributed by atoms with Crippen molar-refractivity contribution in [3.05, 3.63) is 35.9 Å². The first kappa shape index (κ1) is 12.9. The van der Waals surface area contributed by atoms with Crippen molar-refractivity contribution < 1.29 is 0 Å². The molecule has 0 aliphatic carbocycles. The Hall–Kier alpha value is -1.09. The maximum Gasteiger partial charge on any atom is 0.132 e. The van der Waals surface area contributed by atoms with E-state index in [2.05, 4.69) is 58.1 Å². The lowest BCUT2D eigenvalue weighted by Crippen LogP contribution is -2.41. The van der Waals surface area contributed by atoms with Gasteiger partial charge in [0.15, 0.2) is 0 Å². The summed E-state index contributed by atoms with van der Waals surface area (Å²) in [5.41, 5.74) is 2.38. The second-order valence-corrected chi connectivity index (χ2v) is 5.97. The van der Waals surface area contributed by atoms with E-state index >= 15 is 0 Å². The number of alkyl halides is 1. The van der Waals surface area contributed by atoms with Crippen molar-refractivity contribution in [1.29, 1.82) is 0 Å². The summed E-state index contributed by atoms with van der Waals surface area (Å²) in [6.45, 7) is 3.30. The summed E-state index contributed by atoms with van der Waals surface area (Å²) in [4.78, 5) is 7.39. The minimum Gasteiger partial charge on any atom is -0.353 e. The molecule has 0 N–H and O–H groups in total. The summed E-state index contributed by atoms with van der Waals surface area (Å²) in [5.74, 6) is 1.17. The fourth-order valence-corrected chi connectivity index (χ4v) is 3.62. The van der Waals surface area contributed by atoms with Crippen LogP contribution in [0.4, 0.5) is 5.82 Å². The minimum atomic E-state index is 0.584. The molecule has 2 heterocycles. The standard InChI is InChI=1S/C16H19BrN2/c1-12-10-13-6-2-3-8-15(13)18-16(12)19-9-5-4-7-14(19)11-17/h2-3,6,8,10,14H,4-5,7,9,11H2,1H3. The van der Waals surface area contributed by atoms with Crippen LogP contribution in [0.25, 0.3) is 10.9 Å². The van der Waals surface area contributed by atoms with Crippen LogP contribution in [0, 0.1) is 6.92 Å². The number of hydrogen-bond donors (Lipinski definition) is 0. The van der Waals surface area contributed by atoms with Crippen molar-refractivity contribution in [2.45, 2.75) is 32.2 Å². The molecule has 0 spiro atoms. The third kappa shape index (κ3) is 2.48. The fraction of sp³-hybridized carbons (Fsp3) is 0.438. The molecule has 3 heteroatoms. The van der Waals surface area contributed by atoms with Gasteiger partial charge in [0, 0.05) is 23.3 Å². The lowest BCUT2D eigenvalue weighted by Gasteiger charge is -2.36. The van der Waals surface area contributed by atoms with Gasteiger partial charge in [-0.15, -0.1) is 0 Å². The van der Waals surface area contributed by atoms with E-state index in [1.54, 1.807) is 0 Å². The van der Waals surface area contributed by atoms with Crippen LogP contribution in [0.2, 0.25) is 0 Å². The zero-order valence-corrected chi connectivity index (χ0v) is 12.9. The number of para-hydroxylation sites is 1. The normalized spacial score (nSPS) is 19.9. The van der Waals surface area contributed by atoms with Gasteiger partial charge in [-0.05, 0) is 43.9 Å². The Morgan fingerprint density at radius 1 is 1.32 bits per heavy atom. The molecule has 2 aromatic rings. The topological polar surface area (TPSA) is 16.1 Å². The number of benzene rings is 1. The summed E-state index contributed by atoms with van der Waals surface area (Å²) in [6, 6.07) is 11.2. The van der Waals surface area contributed by atoms with E-state index < -0.39 is 0 Å². The number of piperidine rings is 1. The molecule has 1 aliphatic rings. The van der Waals surface area contributed by atoms with Crippen LogP contribution < -0.4 is 4.90 Å². The zero-order chi connectivity index (χ0) is 13.2. The van der Waals surface area contributed by atoms with Crippen LogP contribution in [-0.4, -0.2) is 22.9 Å². The third-order valence-electron chi connectivity index (χ3n) is 3.97. The molecular formula is C16H19BrN2. The van der Waals surface area contributed by atoms with Crippen LogP contribution in [0.3, 0.4) is 0 Å². The Kier molecular flexibility index (Phi) is 3.74. The van der Waals surface area contributed by atoms with Crippen LogP contribution in [0.15, 0.2) is 30.3 Å². The van der Waals surface area contributed by atoms with Gasteiger partial charge in [-0.25, -0.2) is 4.98 Å². The summed E-state index contributed by atoms with van der Waals surface area (Å²) in [6.07, 6.45) is 3.87. The third-order valence-corrected chi connectivity index (χ3v) is 4.71. The monoisotopic (exact) mass is 318 g/mol. The SMILES string of the molecule is Cc1cc2ccccc2nc1N1CCCCC1CBr. The van der Waals surface area contributed by atoms with Crippen molar-refractivity contribution in [2.75, 3.05) is 16.8 Å². The van der Waals surface area contributed by atoms with Crippen LogP contribution in [0.5, 0.6) is 0 Å². The first-order valence-corrected chi connectivity index (χ1v) is 8.11. The van der Waals surface area contributed by atoms with Crippen LogP contribution in [0.1, 0.15) is 24.8 Å². The first-order valence-electron chi connectivity index (χ1n) is 6.98. The Bertz CT molecular complexity index is 582. The van der Waals surface area contributed by atoms with Crippen molar-refractivity contribution in [2.24, 2.45) is 0 Å². The molecule has 1 fully saturated rings. The van der Waals surface area contributed by atoms with E-state index in [9.17, 15) is 0 Å². The van der Waals surface area contributed by atoms with E-state index in [0.717, 1.165) is 17.4 Å². The van der Waals surface area contributed by atoms with Crippen molar-refractivity contribution in [3.63, 3.8) is 0 Å². The molecule has 0 bridgehead atoms. The quantitative estimate of drug-likeness (QED) is 0.767. The van der Waals surface area contributed by atoms with Gasteiger partial charge < -0.3 is 4.90 Å². The van der Waals surface area contributed by atoms with Crippen LogP contribution in [-0.2, 0) is 0 Å². The van der Waals surface area contributed by atoms with E-state index in [4.69, 9.17) is 4.98 Å². The van der Waals surface area contributed by atoms with E-state index in [1.807, 2.05) is 0 Å². The van der Waals surface area contributed by atoms with Gasteiger partial charge in [0.25, 0.3) is 0 Å². The first-order chi connectivity index (χ1) is 9.29. The smallest absolute Gasteiger partial charge is 0.132 e. The lowest BCUT2D eigenvalue weighted by molar-refractivity contribution is 0.487. The highest BCUT2D eigenvalue weighted by Gasteiger charge is 2.23. The van der Waals surface area contributed by atoms with Gasteiger partial charge in [0.1, 0.15) is 5.82 Å². The maximum atomic E-state index is 4.90. The van der Waals surface area contributed by atoms with E-state index in [-0.39, 0.29) is 0 Å². The molecule has 100 valence electrons. The number of pyridine rings is 1. The number of fused-ring (bicyclic) bond motifs is 1. The molecule has 0 radical (unpaired) electrons. The highest BCUT2D eigenvalue weighted by molar-refractivity contribution is 9.09. The number of aryl methyl sites for hydroxylation is 1. The summed E-state index contributed by atoms with van der Waals surface area (Å²) in [7, 11) is 0. The second-order valence-electron chi connectivity index (χ2n) is 5.32. The van der Waals surface area contributed by atoms with E-state index in [1.165, 1.54) is 36.0 Å². The fourth-order valence-electron chi connectivity index (χ4n) is 2.94. The van der Waals surface area contributed by atoms with Gasteiger partial charge >= 0.3 is 0 Å². The van der Waals surface area contributed by atoms with Gasteiger partial charge in [-0.1, -0.05) is 34.1 Å². The summed E-state index contributed by atoms with van der Waals surface area (Å²) < 4.78 is 0. The Balaban J connectivity index is 2.05. The molecule has 1 atom stereocenters. The zero-order valence-electron chi connectivity index (χ0n) is 11.3. The molecule has 1 aliphatic heterocycles. The van der Waals surface area contributed by atoms with Crippen LogP contribution >= 0.6 is 15.9 Å². The molecule has 0 saturated carbocycles. The maximum absolute atomic E-state index is 4.90. The molecule has 1 unspecified atom stereocenters. The van der Waals surface area contributed by atoms with Gasteiger partial charge in [0.2, 0.25) is 0 Å². The van der Waals surface area contributed by atoms with Gasteiger partial charge in [-0.3, -0.25) is 0 Å². The molecule has 1 saturated heterocycles. The van der Waals surface area contributed by atoms with Gasteiger partial charge in [0.05, 0.1) is 5.52 Å². The molecule has 1 aromatic carbocycles. The highest BCUT2D eigenvalue weighted by atomic mass is 79.9. The highest BCUT2D eigenvalue weighted by Crippen LogP contribution is 2.29. The predicted molar refractivity (Wildman–Crippen MR) is 85.3 cm³/mol. The molecule has 19 heavy (non-hydrogen) atoms. The number of anilines is 1. The van der Waals surface area contributed by atoms with E-state index in [0.29, 0.717) is 6.04 Å². The largest absolute Gasteiger partial charge is 0.353 e. The number of rotatable bonds is 2. The average molecular weight is 319 g/mol. The van der Waals surface area contributed by atoms with Gasteiger partial charge in [-0.2, -0.15) is 0 Å². The summed E-state index contributed by atoms with van der Waals surface area (Å²) >= 11 is 3.65. The number of nitrogens with zero attached hydrogens (tertiary/aromatic N) is 2. The van der Waals surface area contributed by atoms with Crippen molar-refractivity contribution in [1.82, 2.24) is 4.98 Å². The van der Waals surface area contributed by atoms with Crippen molar-refractivity contribution in [3.8, 4) is 0 Å². The second kappa shape index (κ2) is 5.49. The molecular weight excluding hydrogens is 300 g/mol. The lowest BCUT2D eigenvalue weighted by atomic mass is 10.0. The number of halogens is 1. The van der Waals surface area contributed by atoms with Crippen molar-refractivity contribution >= 4 is 32.7 Å².